The minimum Gasteiger partial charge on any atom is -0.307 e. The molecule has 0 atom stereocenters. The molecular weight excluding hydrogens is 417 g/mol. The van der Waals surface area contributed by atoms with E-state index in [9.17, 15) is 28.1 Å². The van der Waals surface area contributed by atoms with Crippen LogP contribution in [0.2, 0.25) is 0 Å². The van der Waals surface area contributed by atoms with E-state index in [0.29, 0.717) is 11.3 Å². The van der Waals surface area contributed by atoms with E-state index in [0.717, 1.165) is 24.5 Å². The Labute approximate surface area is 174 Å². The molecule has 0 aliphatic carbocycles. The van der Waals surface area contributed by atoms with Gasteiger partial charge in [-0.25, -0.2) is 0 Å². The number of rotatable bonds is 6. The topological polar surface area (TPSA) is 108 Å². The van der Waals surface area contributed by atoms with Gasteiger partial charge in [-0.05, 0) is 38.5 Å². The van der Waals surface area contributed by atoms with Crippen molar-refractivity contribution in [3.05, 3.63) is 69.7 Å². The van der Waals surface area contributed by atoms with E-state index in [1.165, 1.54) is 29.3 Å². The Kier molecular flexibility index (Phi) is 5.57. The molecule has 1 aromatic carbocycles. The Balaban J connectivity index is 1.76. The van der Waals surface area contributed by atoms with Crippen LogP contribution in [0.15, 0.2) is 42.7 Å². The zero-order valence-electron chi connectivity index (χ0n) is 16.8. The minimum atomic E-state index is -4.44. The molecule has 0 saturated heterocycles. The molecule has 2 heterocycles. The van der Waals surface area contributed by atoms with Crippen LogP contribution in [0.1, 0.15) is 30.7 Å². The first kappa shape index (κ1) is 22.0. The Hall–Kier alpha value is -3.70. The van der Waals surface area contributed by atoms with Crippen molar-refractivity contribution in [3.63, 3.8) is 0 Å². The summed E-state index contributed by atoms with van der Waals surface area (Å²) < 4.78 is 41.4. The molecule has 0 radical (unpaired) electrons. The summed E-state index contributed by atoms with van der Waals surface area (Å²) in [4.78, 5) is 23.0. The number of anilines is 1. The number of aryl methyl sites for hydroxylation is 1. The number of nitro groups is 1. The van der Waals surface area contributed by atoms with E-state index in [1.807, 2.05) is 0 Å². The van der Waals surface area contributed by atoms with Crippen LogP contribution in [-0.4, -0.2) is 30.4 Å². The predicted octanol–water partition coefficient (Wildman–Crippen LogP) is 3.74. The third-order valence-electron chi connectivity index (χ3n) is 4.72. The summed E-state index contributed by atoms with van der Waals surface area (Å²) in [6.45, 7) is 4.86. The Morgan fingerprint density at radius 1 is 1.26 bits per heavy atom. The van der Waals surface area contributed by atoms with Crippen LogP contribution in [-0.2, 0) is 23.1 Å². The zero-order chi connectivity index (χ0) is 23.0. The molecule has 12 heteroatoms. The molecule has 31 heavy (non-hydrogen) atoms. The van der Waals surface area contributed by atoms with Gasteiger partial charge in [0.1, 0.15) is 17.9 Å². The molecule has 0 fully saturated rings. The van der Waals surface area contributed by atoms with Crippen molar-refractivity contribution in [2.24, 2.45) is 0 Å². The summed E-state index contributed by atoms with van der Waals surface area (Å²) in [5.74, 6) is -0.321. The Morgan fingerprint density at radius 2 is 1.97 bits per heavy atom. The van der Waals surface area contributed by atoms with Crippen LogP contribution < -0.4 is 5.32 Å². The summed E-state index contributed by atoms with van der Waals surface area (Å²) in [7, 11) is 0. The molecule has 0 aliphatic heterocycles. The van der Waals surface area contributed by atoms with Gasteiger partial charge in [-0.2, -0.15) is 23.4 Å². The van der Waals surface area contributed by atoms with Crippen LogP contribution in [0.3, 0.4) is 0 Å². The van der Waals surface area contributed by atoms with E-state index >= 15 is 0 Å². The van der Waals surface area contributed by atoms with Gasteiger partial charge in [0.25, 0.3) is 5.91 Å². The molecule has 2 aromatic heterocycles. The predicted molar refractivity (Wildman–Crippen MR) is 104 cm³/mol. The number of nitrogens with zero attached hydrogens (tertiary/aromatic N) is 5. The smallest absolute Gasteiger partial charge is 0.307 e. The molecule has 9 nitrogen and oxygen atoms in total. The summed E-state index contributed by atoms with van der Waals surface area (Å²) in [5.41, 5.74) is -1.23. The number of aromatic nitrogens is 4. The second-order valence-electron chi connectivity index (χ2n) is 7.44. The van der Waals surface area contributed by atoms with Gasteiger partial charge in [-0.15, -0.1) is 0 Å². The first-order chi connectivity index (χ1) is 14.4. The number of nitrogens with one attached hydrogen (secondary N) is 1. The molecule has 0 unspecified atom stereocenters. The first-order valence-electron chi connectivity index (χ1n) is 9.09. The quantitative estimate of drug-likeness (QED) is 0.468. The van der Waals surface area contributed by atoms with Crippen LogP contribution >= 0.6 is 0 Å². The van der Waals surface area contributed by atoms with Crippen molar-refractivity contribution in [1.29, 1.82) is 0 Å². The first-order valence-corrected chi connectivity index (χ1v) is 9.09. The number of hydrogen-bond donors (Lipinski definition) is 1. The molecule has 0 bridgehead atoms. The maximum Gasteiger partial charge on any atom is 0.416 e. The number of carbonyl (C=O) groups is 1. The van der Waals surface area contributed by atoms with E-state index < -0.39 is 28.1 Å². The lowest BCUT2D eigenvalue weighted by molar-refractivity contribution is -0.385. The molecule has 1 N–H and O–H groups in total. The number of carbonyl (C=O) groups excluding carboxylic acids is 1. The molecule has 0 spiro atoms. The van der Waals surface area contributed by atoms with Gasteiger partial charge in [0.2, 0.25) is 0 Å². The summed E-state index contributed by atoms with van der Waals surface area (Å²) >= 11 is 0. The average molecular weight is 436 g/mol. The van der Waals surface area contributed by atoms with E-state index in [4.69, 9.17) is 0 Å². The third-order valence-corrected chi connectivity index (χ3v) is 4.72. The standard InChI is InChI=1S/C19H19F3N6O3/c1-12-7-16(24-17(29)18(2,3)27-11-15(9-23-27)28(30)31)25-26(12)10-13-5-4-6-14(8-13)19(20,21)22/h4-9,11H,10H2,1-3H3,(H,24,25,29). The molecule has 0 saturated carbocycles. The van der Waals surface area contributed by atoms with Crippen molar-refractivity contribution >= 4 is 17.4 Å². The zero-order valence-corrected chi connectivity index (χ0v) is 16.8. The van der Waals surface area contributed by atoms with Gasteiger partial charge < -0.3 is 5.32 Å². The fourth-order valence-electron chi connectivity index (χ4n) is 2.84. The lowest BCUT2D eigenvalue weighted by Crippen LogP contribution is -2.40. The molecule has 164 valence electrons. The van der Waals surface area contributed by atoms with E-state index in [-0.39, 0.29) is 18.1 Å². The lowest BCUT2D eigenvalue weighted by atomic mass is 10.1. The van der Waals surface area contributed by atoms with Crippen LogP contribution in [0.4, 0.5) is 24.7 Å². The number of amides is 1. The number of hydrogen-bond acceptors (Lipinski definition) is 5. The van der Waals surface area contributed by atoms with Gasteiger partial charge in [-0.1, -0.05) is 12.1 Å². The summed E-state index contributed by atoms with van der Waals surface area (Å²) in [6.07, 6.45) is -2.25. The number of benzene rings is 1. The third kappa shape index (κ3) is 4.73. The van der Waals surface area contributed by atoms with E-state index in [1.54, 1.807) is 19.1 Å². The monoisotopic (exact) mass is 436 g/mol. The number of halogens is 3. The molecule has 0 aliphatic rings. The van der Waals surface area contributed by atoms with Crippen LogP contribution in [0.25, 0.3) is 0 Å². The van der Waals surface area contributed by atoms with Gasteiger partial charge in [0.15, 0.2) is 5.82 Å². The Morgan fingerprint density at radius 3 is 2.58 bits per heavy atom. The highest BCUT2D eigenvalue weighted by molar-refractivity contribution is 5.95. The second kappa shape index (κ2) is 7.85. The van der Waals surface area contributed by atoms with Crippen LogP contribution in [0.5, 0.6) is 0 Å². The minimum absolute atomic E-state index is 0.0837. The van der Waals surface area contributed by atoms with Crippen molar-refractivity contribution in [1.82, 2.24) is 19.6 Å². The maximum atomic E-state index is 12.9. The number of alkyl halides is 3. The van der Waals surface area contributed by atoms with Gasteiger partial charge >= 0.3 is 11.9 Å². The molecular formula is C19H19F3N6O3. The molecule has 3 rings (SSSR count). The SMILES string of the molecule is Cc1cc(NC(=O)C(C)(C)n2cc([N+](=O)[O-])cn2)nn1Cc1cccc(C(F)(F)F)c1. The van der Waals surface area contributed by atoms with Crippen molar-refractivity contribution < 1.29 is 22.9 Å². The highest BCUT2D eigenvalue weighted by Crippen LogP contribution is 2.30. The van der Waals surface area contributed by atoms with Gasteiger partial charge in [0.05, 0.1) is 17.0 Å². The molecule has 1 amide bonds. The normalized spacial score (nSPS) is 12.1. The maximum absolute atomic E-state index is 12.9. The summed E-state index contributed by atoms with van der Waals surface area (Å²) in [6, 6.07) is 6.50. The molecule has 3 aromatic rings. The van der Waals surface area contributed by atoms with E-state index in [2.05, 4.69) is 15.5 Å². The lowest BCUT2D eigenvalue weighted by Gasteiger charge is -2.23. The van der Waals surface area contributed by atoms with Crippen molar-refractivity contribution in [3.8, 4) is 0 Å². The van der Waals surface area contributed by atoms with Crippen molar-refractivity contribution in [2.45, 2.75) is 39.0 Å². The fraction of sp³-hybridized carbons (Fsp3) is 0.316. The fourth-order valence-corrected chi connectivity index (χ4v) is 2.84. The van der Waals surface area contributed by atoms with Crippen molar-refractivity contribution in [2.75, 3.05) is 5.32 Å². The highest BCUT2D eigenvalue weighted by Gasteiger charge is 2.33. The Bertz CT molecular complexity index is 1130. The van der Waals surface area contributed by atoms with Crippen LogP contribution in [0, 0.1) is 17.0 Å². The second-order valence-corrected chi connectivity index (χ2v) is 7.44. The van der Waals surface area contributed by atoms with Gasteiger partial charge in [0, 0.05) is 11.8 Å². The largest absolute Gasteiger partial charge is 0.416 e. The summed E-state index contributed by atoms with van der Waals surface area (Å²) in [5, 5.41) is 21.6. The van der Waals surface area contributed by atoms with Gasteiger partial charge in [-0.3, -0.25) is 24.3 Å². The average Bonchev–Trinajstić information content (AvgIpc) is 3.29. The highest BCUT2D eigenvalue weighted by atomic mass is 19.4.